The first-order valence-electron chi connectivity index (χ1n) is 4.11. The van der Waals surface area contributed by atoms with Gasteiger partial charge in [-0.3, -0.25) is 4.79 Å². The van der Waals surface area contributed by atoms with E-state index in [1.807, 2.05) is 36.4 Å². The minimum atomic E-state index is 0. The summed E-state index contributed by atoms with van der Waals surface area (Å²) in [5, 5.41) is 0. The number of aromatic nitrogens is 1. The monoisotopic (exact) mass is 364 g/mol. The van der Waals surface area contributed by atoms with Crippen LogP contribution in [0, 0.1) is 0 Å². The SMILES string of the molecule is O=C(c1ccccc1)c1ccc[nH]1.[Ir]. The first-order valence-corrected chi connectivity index (χ1v) is 4.11. The van der Waals surface area contributed by atoms with Crippen molar-refractivity contribution in [1.82, 2.24) is 4.98 Å². The second-order valence-electron chi connectivity index (χ2n) is 2.78. The maximum Gasteiger partial charge on any atom is 0.209 e. The number of carbonyl (C=O) groups excluding carboxylic acids is 1. The molecule has 0 fully saturated rings. The van der Waals surface area contributed by atoms with E-state index in [1.54, 1.807) is 12.3 Å². The van der Waals surface area contributed by atoms with Crippen LogP contribution in [0.2, 0.25) is 0 Å². The Bertz CT molecular complexity index is 394. The molecule has 2 nitrogen and oxygen atoms in total. The van der Waals surface area contributed by atoms with Crippen LogP contribution in [0.4, 0.5) is 0 Å². The van der Waals surface area contributed by atoms with E-state index in [2.05, 4.69) is 4.98 Å². The molecule has 1 aromatic carbocycles. The molecule has 3 heteroatoms. The van der Waals surface area contributed by atoms with Gasteiger partial charge >= 0.3 is 0 Å². The fraction of sp³-hybridized carbons (Fsp3) is 0. The molecular formula is C11H9IrNO. The van der Waals surface area contributed by atoms with Crippen LogP contribution in [-0.4, -0.2) is 10.8 Å². The average molecular weight is 363 g/mol. The van der Waals surface area contributed by atoms with Gasteiger partial charge in [-0.25, -0.2) is 0 Å². The van der Waals surface area contributed by atoms with E-state index in [4.69, 9.17) is 0 Å². The molecule has 0 spiro atoms. The van der Waals surface area contributed by atoms with Gasteiger partial charge in [-0.1, -0.05) is 30.3 Å². The molecule has 2 rings (SSSR count). The molecule has 0 bridgehead atoms. The summed E-state index contributed by atoms with van der Waals surface area (Å²) >= 11 is 0. The Morgan fingerprint density at radius 2 is 1.71 bits per heavy atom. The molecular weight excluding hydrogens is 354 g/mol. The molecule has 2 aromatic rings. The van der Waals surface area contributed by atoms with Crippen molar-refractivity contribution in [2.45, 2.75) is 0 Å². The molecule has 1 aromatic heterocycles. The summed E-state index contributed by atoms with van der Waals surface area (Å²) in [7, 11) is 0. The number of aromatic amines is 1. The summed E-state index contributed by atoms with van der Waals surface area (Å²) in [5.41, 5.74) is 1.34. The molecule has 0 saturated carbocycles. The molecule has 0 aliphatic carbocycles. The van der Waals surface area contributed by atoms with Crippen molar-refractivity contribution < 1.29 is 24.9 Å². The molecule has 0 atom stereocenters. The van der Waals surface area contributed by atoms with E-state index in [-0.39, 0.29) is 25.9 Å². The van der Waals surface area contributed by atoms with Crippen LogP contribution in [0.25, 0.3) is 0 Å². The zero-order chi connectivity index (χ0) is 9.10. The molecule has 1 heterocycles. The molecule has 0 saturated heterocycles. The molecule has 73 valence electrons. The summed E-state index contributed by atoms with van der Waals surface area (Å²) in [5.74, 6) is 0.0330. The van der Waals surface area contributed by atoms with Gasteiger partial charge in [0, 0.05) is 31.9 Å². The fourth-order valence-electron chi connectivity index (χ4n) is 1.22. The van der Waals surface area contributed by atoms with Gasteiger partial charge in [0.1, 0.15) is 0 Å². The molecule has 0 amide bonds. The Hall–Kier alpha value is -1.18. The van der Waals surface area contributed by atoms with E-state index in [9.17, 15) is 4.79 Å². The van der Waals surface area contributed by atoms with Crippen molar-refractivity contribution in [3.63, 3.8) is 0 Å². The predicted octanol–water partition coefficient (Wildman–Crippen LogP) is 2.24. The number of hydrogen-bond acceptors (Lipinski definition) is 1. The molecule has 0 aliphatic rings. The van der Waals surface area contributed by atoms with E-state index < -0.39 is 0 Å². The topological polar surface area (TPSA) is 32.9 Å². The summed E-state index contributed by atoms with van der Waals surface area (Å²) in [6, 6.07) is 12.8. The summed E-state index contributed by atoms with van der Waals surface area (Å²) in [6.07, 6.45) is 1.75. The van der Waals surface area contributed by atoms with Crippen LogP contribution < -0.4 is 0 Å². The van der Waals surface area contributed by atoms with Gasteiger partial charge in [-0.2, -0.15) is 0 Å². The first kappa shape index (κ1) is 10.9. The van der Waals surface area contributed by atoms with Gasteiger partial charge in [0.25, 0.3) is 0 Å². The molecule has 0 aliphatic heterocycles. The molecule has 14 heavy (non-hydrogen) atoms. The summed E-state index contributed by atoms with van der Waals surface area (Å²) in [4.78, 5) is 14.6. The first-order chi connectivity index (χ1) is 6.38. The second kappa shape index (κ2) is 4.89. The molecule has 1 radical (unpaired) electrons. The Labute approximate surface area is 95.7 Å². The van der Waals surface area contributed by atoms with Gasteiger partial charge < -0.3 is 4.98 Å². The van der Waals surface area contributed by atoms with E-state index in [0.717, 1.165) is 0 Å². The molecule has 1 N–H and O–H groups in total. The maximum absolute atomic E-state index is 11.7. The third kappa shape index (κ3) is 2.19. The van der Waals surface area contributed by atoms with Crippen LogP contribution in [-0.2, 0) is 20.1 Å². The minimum Gasteiger partial charge on any atom is -0.359 e. The Balaban J connectivity index is 0.000000980. The quantitative estimate of drug-likeness (QED) is 0.816. The van der Waals surface area contributed by atoms with Gasteiger partial charge in [-0.05, 0) is 12.1 Å². The number of rotatable bonds is 2. The summed E-state index contributed by atoms with van der Waals surface area (Å²) in [6.45, 7) is 0. The van der Waals surface area contributed by atoms with Crippen molar-refractivity contribution in [1.29, 1.82) is 0 Å². The number of benzene rings is 1. The van der Waals surface area contributed by atoms with Crippen molar-refractivity contribution in [2.24, 2.45) is 0 Å². The van der Waals surface area contributed by atoms with Crippen molar-refractivity contribution in [3.8, 4) is 0 Å². The third-order valence-corrected chi connectivity index (χ3v) is 1.88. The Morgan fingerprint density at radius 1 is 1.00 bits per heavy atom. The van der Waals surface area contributed by atoms with Gasteiger partial charge in [-0.15, -0.1) is 0 Å². The van der Waals surface area contributed by atoms with Crippen LogP contribution in [0.1, 0.15) is 16.1 Å². The number of hydrogen-bond donors (Lipinski definition) is 1. The third-order valence-electron chi connectivity index (χ3n) is 1.88. The van der Waals surface area contributed by atoms with E-state index in [0.29, 0.717) is 11.3 Å². The van der Waals surface area contributed by atoms with Crippen LogP contribution in [0.5, 0.6) is 0 Å². The van der Waals surface area contributed by atoms with Crippen LogP contribution >= 0.6 is 0 Å². The number of ketones is 1. The van der Waals surface area contributed by atoms with Crippen molar-refractivity contribution in [2.75, 3.05) is 0 Å². The van der Waals surface area contributed by atoms with Crippen molar-refractivity contribution >= 4 is 5.78 Å². The van der Waals surface area contributed by atoms with Gasteiger partial charge in [0.2, 0.25) is 5.78 Å². The van der Waals surface area contributed by atoms with E-state index in [1.165, 1.54) is 0 Å². The largest absolute Gasteiger partial charge is 0.359 e. The number of carbonyl (C=O) groups is 1. The van der Waals surface area contributed by atoms with Gasteiger partial charge in [0.15, 0.2) is 0 Å². The average Bonchev–Trinajstić information content (AvgIpc) is 2.71. The number of H-pyrrole nitrogens is 1. The normalized spacial score (nSPS) is 9.14. The molecule has 0 unspecified atom stereocenters. The van der Waals surface area contributed by atoms with Crippen LogP contribution in [0.15, 0.2) is 48.7 Å². The minimum absolute atomic E-state index is 0. The predicted molar refractivity (Wildman–Crippen MR) is 50.7 cm³/mol. The second-order valence-corrected chi connectivity index (χ2v) is 2.78. The Kier molecular flexibility index (Phi) is 3.81. The summed E-state index contributed by atoms with van der Waals surface area (Å²) < 4.78 is 0. The van der Waals surface area contributed by atoms with Crippen molar-refractivity contribution in [3.05, 3.63) is 59.9 Å². The van der Waals surface area contributed by atoms with E-state index >= 15 is 0 Å². The van der Waals surface area contributed by atoms with Gasteiger partial charge in [0.05, 0.1) is 5.69 Å². The smallest absolute Gasteiger partial charge is 0.209 e. The zero-order valence-electron chi connectivity index (χ0n) is 7.36. The standard InChI is InChI=1S/C11H9NO.Ir/c13-11(10-7-4-8-12-10)9-5-2-1-3-6-9;/h1-8,12H;. The number of nitrogens with one attached hydrogen (secondary N) is 1. The maximum atomic E-state index is 11.7. The zero-order valence-corrected chi connectivity index (χ0v) is 9.76. The fourth-order valence-corrected chi connectivity index (χ4v) is 1.22. The Morgan fingerprint density at radius 3 is 2.29 bits per heavy atom. The van der Waals surface area contributed by atoms with Crippen LogP contribution in [0.3, 0.4) is 0 Å².